The van der Waals surface area contributed by atoms with Crippen molar-refractivity contribution in [2.75, 3.05) is 5.75 Å². The maximum Gasteiger partial charge on any atom is 0.303 e. The van der Waals surface area contributed by atoms with Gasteiger partial charge in [-0.3, -0.25) is 9.59 Å². The summed E-state index contributed by atoms with van der Waals surface area (Å²) < 4.78 is 13.0. The average molecular weight is 642 g/mol. The largest absolute Gasteiger partial charge is 0.481 e. The Labute approximate surface area is 273 Å². The Bertz CT molecular complexity index is 1550. The molecule has 10 heteroatoms. The maximum absolute atomic E-state index is 12.3. The number of nitrogens with zero attached hydrogens (tertiary/aromatic N) is 2. The van der Waals surface area contributed by atoms with Crippen LogP contribution in [0.5, 0.6) is 0 Å². The molecule has 0 radical (unpaired) electrons. The van der Waals surface area contributed by atoms with Crippen LogP contribution < -0.4 is 5.32 Å². The Hall–Kier alpha value is -4.09. The van der Waals surface area contributed by atoms with Crippen molar-refractivity contribution in [1.82, 2.24) is 15.3 Å². The molecule has 0 aliphatic carbocycles. The summed E-state index contributed by atoms with van der Waals surface area (Å²) in [6.45, 7) is 0.424. The molecule has 1 saturated heterocycles. The minimum absolute atomic E-state index is 0.00461. The number of carboxylic acids is 1. The van der Waals surface area contributed by atoms with Crippen LogP contribution >= 0.6 is 11.8 Å². The van der Waals surface area contributed by atoms with Gasteiger partial charge in [0.15, 0.2) is 11.4 Å². The second kappa shape index (κ2) is 17.0. The normalized spacial score (nSPS) is 17.8. The molecule has 1 aliphatic heterocycles. The summed E-state index contributed by atoms with van der Waals surface area (Å²) in [5, 5.41) is 21.9. The van der Waals surface area contributed by atoms with Crippen LogP contribution in [-0.4, -0.2) is 43.9 Å². The monoisotopic (exact) mass is 641 g/mol. The molecule has 0 bridgehead atoms. The molecule has 46 heavy (non-hydrogen) atoms. The van der Waals surface area contributed by atoms with Crippen LogP contribution in [0.4, 0.5) is 0 Å². The molecule has 0 saturated carbocycles. The number of amides is 1. The number of aliphatic hydroxyl groups is 1. The van der Waals surface area contributed by atoms with Crippen molar-refractivity contribution in [1.29, 1.82) is 0 Å². The highest BCUT2D eigenvalue weighted by molar-refractivity contribution is 7.99. The number of carboxylic acid groups (broad SMARTS) is 1. The van der Waals surface area contributed by atoms with Crippen LogP contribution in [0.25, 0.3) is 11.1 Å². The Morgan fingerprint density at radius 2 is 1.57 bits per heavy atom. The molecule has 3 aromatic carbocycles. The number of ether oxygens (including phenoxy) is 2. The van der Waals surface area contributed by atoms with Gasteiger partial charge in [-0.15, -0.1) is 0 Å². The van der Waals surface area contributed by atoms with Gasteiger partial charge in [0, 0.05) is 49.5 Å². The van der Waals surface area contributed by atoms with Gasteiger partial charge in [0.2, 0.25) is 5.91 Å². The summed E-state index contributed by atoms with van der Waals surface area (Å²) in [7, 11) is 0. The van der Waals surface area contributed by atoms with Gasteiger partial charge in [0.05, 0.1) is 18.8 Å². The van der Waals surface area contributed by atoms with Crippen molar-refractivity contribution in [2.24, 2.45) is 0 Å². The van der Waals surface area contributed by atoms with Crippen LogP contribution in [0.1, 0.15) is 73.2 Å². The smallest absolute Gasteiger partial charge is 0.303 e. The standard InChI is InChI=1S/C36H39N3O6S/c40-23-25-10-12-28(13-11-25)32-21-31(24-46-36-37-18-5-19-38-36)44-35(45-32)29-16-14-27(15-17-29)30-7-4-6-26(20-30)22-39-33(41)8-2-1-3-9-34(42)43/h4-7,10-20,31-32,35,40H,1-3,8-9,21-24H2,(H,39,41)(H,42,43)/t31-,32+,35+/m0/s1. The minimum atomic E-state index is -0.803. The van der Waals surface area contributed by atoms with Crippen LogP contribution in [-0.2, 0) is 32.2 Å². The van der Waals surface area contributed by atoms with E-state index >= 15 is 0 Å². The highest BCUT2D eigenvalue weighted by atomic mass is 32.2. The molecule has 0 spiro atoms. The van der Waals surface area contributed by atoms with E-state index in [9.17, 15) is 14.7 Å². The number of aromatic nitrogens is 2. The molecule has 0 unspecified atom stereocenters. The van der Waals surface area contributed by atoms with Crippen molar-refractivity contribution in [3.63, 3.8) is 0 Å². The highest BCUT2D eigenvalue weighted by Crippen LogP contribution is 2.39. The molecule has 4 aromatic rings. The van der Waals surface area contributed by atoms with Gasteiger partial charge < -0.3 is 25.0 Å². The molecular formula is C36H39N3O6S. The van der Waals surface area contributed by atoms with E-state index in [1.807, 2.05) is 54.6 Å². The lowest BCUT2D eigenvalue weighted by atomic mass is 9.99. The predicted molar refractivity (Wildman–Crippen MR) is 176 cm³/mol. The number of carbonyl (C=O) groups is 2. The number of hydrogen-bond donors (Lipinski definition) is 3. The van der Waals surface area contributed by atoms with Crippen molar-refractivity contribution >= 4 is 23.6 Å². The molecule has 1 fully saturated rings. The van der Waals surface area contributed by atoms with Gasteiger partial charge in [-0.05, 0) is 52.8 Å². The summed E-state index contributed by atoms with van der Waals surface area (Å²) in [6, 6.07) is 25.9. The molecule has 1 amide bonds. The number of unbranched alkanes of at least 4 members (excludes halogenated alkanes) is 2. The first kappa shape index (κ1) is 33.3. The van der Waals surface area contributed by atoms with Crippen molar-refractivity contribution in [3.05, 3.63) is 114 Å². The third kappa shape index (κ3) is 9.95. The van der Waals surface area contributed by atoms with Crippen LogP contribution in [0, 0.1) is 0 Å². The molecule has 3 atom stereocenters. The van der Waals surface area contributed by atoms with E-state index in [0.717, 1.165) is 39.8 Å². The molecular weight excluding hydrogens is 602 g/mol. The Morgan fingerprint density at radius 1 is 0.826 bits per heavy atom. The summed E-state index contributed by atoms with van der Waals surface area (Å²) in [5.74, 6) is -0.155. The third-order valence-electron chi connectivity index (χ3n) is 7.78. The van der Waals surface area contributed by atoms with Gasteiger partial charge in [0.1, 0.15) is 0 Å². The first-order valence-electron chi connectivity index (χ1n) is 15.5. The van der Waals surface area contributed by atoms with E-state index in [0.29, 0.717) is 43.1 Å². The summed E-state index contributed by atoms with van der Waals surface area (Å²) in [6.07, 6.45) is 5.85. The van der Waals surface area contributed by atoms with E-state index in [1.54, 1.807) is 30.2 Å². The number of thioether (sulfide) groups is 1. The number of aliphatic hydroxyl groups excluding tert-OH is 1. The second-order valence-electron chi connectivity index (χ2n) is 11.2. The number of hydrogen-bond acceptors (Lipinski definition) is 8. The van der Waals surface area contributed by atoms with E-state index in [-0.39, 0.29) is 31.1 Å². The van der Waals surface area contributed by atoms with Crippen molar-refractivity contribution < 1.29 is 29.3 Å². The second-order valence-corrected chi connectivity index (χ2v) is 12.2. The van der Waals surface area contributed by atoms with E-state index < -0.39 is 12.3 Å². The number of aliphatic carboxylic acids is 1. The number of nitrogens with one attached hydrogen (secondary N) is 1. The Kier molecular flexibility index (Phi) is 12.3. The lowest BCUT2D eigenvalue weighted by Crippen LogP contribution is -2.31. The molecule has 240 valence electrons. The van der Waals surface area contributed by atoms with Crippen LogP contribution in [0.3, 0.4) is 0 Å². The van der Waals surface area contributed by atoms with Gasteiger partial charge in [-0.1, -0.05) is 84.9 Å². The Morgan fingerprint density at radius 3 is 2.30 bits per heavy atom. The number of rotatable bonds is 15. The van der Waals surface area contributed by atoms with E-state index in [2.05, 4.69) is 33.5 Å². The summed E-state index contributed by atoms with van der Waals surface area (Å²) in [4.78, 5) is 31.6. The summed E-state index contributed by atoms with van der Waals surface area (Å²) in [5.41, 5.74) is 5.88. The van der Waals surface area contributed by atoms with Gasteiger partial charge in [-0.25, -0.2) is 9.97 Å². The number of carbonyl (C=O) groups excluding carboxylic acids is 1. The van der Waals surface area contributed by atoms with Gasteiger partial charge >= 0.3 is 5.97 Å². The zero-order chi connectivity index (χ0) is 32.1. The topological polar surface area (TPSA) is 131 Å². The molecule has 9 nitrogen and oxygen atoms in total. The average Bonchev–Trinajstić information content (AvgIpc) is 3.10. The fourth-order valence-corrected chi connectivity index (χ4v) is 6.09. The fourth-order valence-electron chi connectivity index (χ4n) is 5.27. The third-order valence-corrected chi connectivity index (χ3v) is 8.79. The molecule has 5 rings (SSSR count). The predicted octanol–water partition coefficient (Wildman–Crippen LogP) is 6.62. The lowest BCUT2D eigenvalue weighted by Gasteiger charge is -2.36. The van der Waals surface area contributed by atoms with E-state index in [4.69, 9.17) is 14.6 Å². The zero-order valence-electron chi connectivity index (χ0n) is 25.6. The van der Waals surface area contributed by atoms with Gasteiger partial charge in [-0.2, -0.15) is 0 Å². The quantitative estimate of drug-likeness (QED) is 0.0744. The molecule has 1 aliphatic rings. The fraction of sp³-hybridized carbons (Fsp3) is 0.333. The number of benzene rings is 3. The SMILES string of the molecule is O=C(O)CCCCCC(=O)NCc1cccc(-c2ccc([C@@H]3O[C@H](CSc4ncccn4)C[C@H](c4ccc(CO)cc4)O3)cc2)c1. The molecule has 3 N–H and O–H groups in total. The van der Waals surface area contributed by atoms with Crippen molar-refractivity contribution in [3.8, 4) is 11.1 Å². The van der Waals surface area contributed by atoms with Gasteiger partial charge in [0.25, 0.3) is 0 Å². The zero-order valence-corrected chi connectivity index (χ0v) is 26.4. The molecule has 2 heterocycles. The highest BCUT2D eigenvalue weighted by Gasteiger charge is 2.32. The van der Waals surface area contributed by atoms with Crippen LogP contribution in [0.15, 0.2) is 96.4 Å². The van der Waals surface area contributed by atoms with E-state index in [1.165, 1.54) is 0 Å². The van der Waals surface area contributed by atoms with Crippen molar-refractivity contribution in [2.45, 2.75) is 75.3 Å². The maximum atomic E-state index is 12.3. The van der Waals surface area contributed by atoms with Crippen LogP contribution in [0.2, 0.25) is 0 Å². The molecule has 1 aromatic heterocycles. The Balaban J connectivity index is 1.21. The summed E-state index contributed by atoms with van der Waals surface area (Å²) >= 11 is 1.56. The first-order valence-corrected chi connectivity index (χ1v) is 16.5. The lowest BCUT2D eigenvalue weighted by molar-refractivity contribution is -0.245. The first-order chi connectivity index (χ1) is 22.5. The minimum Gasteiger partial charge on any atom is -0.481 e.